The molecule has 0 aliphatic carbocycles. The Morgan fingerprint density at radius 1 is 1.16 bits per heavy atom. The molecule has 0 radical (unpaired) electrons. The Labute approximate surface area is 132 Å². The van der Waals surface area contributed by atoms with Crippen LogP contribution >= 0.6 is 0 Å². The van der Waals surface area contributed by atoms with E-state index in [9.17, 15) is 19.2 Å². The molecule has 1 fully saturated rings. The number of carbonyl (C=O) groups is 4. The summed E-state index contributed by atoms with van der Waals surface area (Å²) in [7, 11) is 0. The number of hydrogen-bond acceptors (Lipinski definition) is 4. The fourth-order valence-electron chi connectivity index (χ4n) is 1.85. The van der Waals surface area contributed by atoms with Gasteiger partial charge in [0.2, 0.25) is 0 Å². The molecule has 1 aliphatic rings. The fraction of sp³-hybridized carbons (Fsp3) is 0.154. The van der Waals surface area contributed by atoms with Crippen molar-refractivity contribution >= 4 is 29.1 Å². The summed E-state index contributed by atoms with van der Waals surface area (Å²) in [6.45, 7) is 2.81. The average Bonchev–Trinajstić information content (AvgIpc) is 2.52. The van der Waals surface area contributed by atoms with Gasteiger partial charge in [0.25, 0.3) is 0 Å². The number of ketones is 2. The zero-order chi connectivity index (χ0) is 13.4. The van der Waals surface area contributed by atoms with Crippen LogP contribution in [-0.4, -0.2) is 23.4 Å². The van der Waals surface area contributed by atoms with Crippen molar-refractivity contribution in [2.75, 3.05) is 4.90 Å². The molecule has 0 atom stereocenters. The SMILES string of the molecule is CC(=O)[C-]1C(=O)C(=O)N(c2ccccc2C)C1=O.[Na+]. The molecule has 2 rings (SSSR count). The molecule has 1 aromatic rings. The molecule has 5 nitrogen and oxygen atoms in total. The molecule has 1 saturated heterocycles. The number of imide groups is 1. The van der Waals surface area contributed by atoms with Crippen molar-refractivity contribution in [3.8, 4) is 0 Å². The zero-order valence-corrected chi connectivity index (χ0v) is 12.9. The molecule has 0 spiro atoms. The van der Waals surface area contributed by atoms with Crippen LogP contribution in [0.25, 0.3) is 0 Å². The molecule has 1 heterocycles. The smallest absolute Gasteiger partial charge is 0.378 e. The van der Waals surface area contributed by atoms with Crippen molar-refractivity contribution in [3.63, 3.8) is 0 Å². The summed E-state index contributed by atoms with van der Waals surface area (Å²) in [6, 6.07) is 6.67. The Kier molecular flexibility index (Phi) is 4.68. The standard InChI is InChI=1S/C13H10NO4.Na/c1-7-5-3-4-6-9(7)14-12(17)10(8(2)15)11(16)13(14)18;/h3-6H,1-2H3;/q-1;+1. The number of hydrogen-bond donors (Lipinski definition) is 0. The number of para-hydroxylation sites is 1. The number of aryl methyl sites for hydroxylation is 1. The predicted octanol–water partition coefficient (Wildman–Crippen LogP) is -2.40. The summed E-state index contributed by atoms with van der Waals surface area (Å²) < 4.78 is 0. The maximum absolute atomic E-state index is 11.9. The number of rotatable bonds is 2. The van der Waals surface area contributed by atoms with Gasteiger partial charge in [-0.05, 0) is 31.4 Å². The van der Waals surface area contributed by atoms with Gasteiger partial charge >= 0.3 is 29.6 Å². The van der Waals surface area contributed by atoms with Crippen LogP contribution in [0, 0.1) is 12.8 Å². The largest absolute Gasteiger partial charge is 1.00 e. The summed E-state index contributed by atoms with van der Waals surface area (Å²) in [5.41, 5.74) is 1.01. The predicted molar refractivity (Wildman–Crippen MR) is 62.6 cm³/mol. The number of Topliss-reactive ketones (excluding diaryl/α,β-unsaturated/α-hetero) is 2. The third-order valence-corrected chi connectivity index (χ3v) is 2.75. The van der Waals surface area contributed by atoms with Gasteiger partial charge < -0.3 is 19.3 Å². The molecule has 0 saturated carbocycles. The van der Waals surface area contributed by atoms with Crippen molar-refractivity contribution < 1.29 is 48.7 Å². The maximum atomic E-state index is 11.9. The quantitative estimate of drug-likeness (QED) is 0.259. The Morgan fingerprint density at radius 2 is 1.74 bits per heavy atom. The minimum Gasteiger partial charge on any atom is -0.378 e. The summed E-state index contributed by atoms with van der Waals surface area (Å²) >= 11 is 0. The van der Waals surface area contributed by atoms with Crippen LogP contribution in [0.4, 0.5) is 5.69 Å². The van der Waals surface area contributed by atoms with E-state index in [2.05, 4.69) is 0 Å². The zero-order valence-electron chi connectivity index (χ0n) is 10.9. The van der Waals surface area contributed by atoms with Crippen LogP contribution < -0.4 is 34.5 Å². The van der Waals surface area contributed by atoms with Crippen molar-refractivity contribution in [3.05, 3.63) is 35.7 Å². The topological polar surface area (TPSA) is 71.5 Å². The van der Waals surface area contributed by atoms with Crippen molar-refractivity contribution in [2.45, 2.75) is 13.8 Å². The second-order valence-corrected chi connectivity index (χ2v) is 3.99. The van der Waals surface area contributed by atoms with Crippen LogP contribution in [0.2, 0.25) is 0 Å². The van der Waals surface area contributed by atoms with Gasteiger partial charge in [-0.1, -0.05) is 18.2 Å². The molecule has 0 aromatic heterocycles. The molecule has 19 heavy (non-hydrogen) atoms. The fourth-order valence-corrected chi connectivity index (χ4v) is 1.85. The van der Waals surface area contributed by atoms with E-state index < -0.39 is 29.3 Å². The first kappa shape index (κ1) is 15.6. The second kappa shape index (κ2) is 5.69. The third kappa shape index (κ3) is 2.49. The minimum atomic E-state index is -1.03. The van der Waals surface area contributed by atoms with Gasteiger partial charge in [-0.2, -0.15) is 0 Å². The number of benzene rings is 1. The molecule has 1 aliphatic heterocycles. The Balaban J connectivity index is 0.00000180. The molecule has 1 aromatic carbocycles. The van der Waals surface area contributed by atoms with E-state index in [1.807, 2.05) is 0 Å². The molecule has 0 unspecified atom stereocenters. The van der Waals surface area contributed by atoms with Gasteiger partial charge in [0.1, 0.15) is 5.91 Å². The number of carbonyl (C=O) groups excluding carboxylic acids is 4. The number of nitrogens with zero attached hydrogens (tertiary/aromatic N) is 1. The molecule has 92 valence electrons. The monoisotopic (exact) mass is 267 g/mol. The summed E-state index contributed by atoms with van der Waals surface area (Å²) in [6.07, 6.45) is 0. The van der Waals surface area contributed by atoms with E-state index in [-0.39, 0.29) is 29.6 Å². The first-order valence-corrected chi connectivity index (χ1v) is 5.31. The van der Waals surface area contributed by atoms with Crippen LogP contribution in [0.3, 0.4) is 0 Å². The van der Waals surface area contributed by atoms with Crippen molar-refractivity contribution in [1.82, 2.24) is 0 Å². The Hall–Kier alpha value is -1.43. The van der Waals surface area contributed by atoms with Gasteiger partial charge in [0.15, 0.2) is 5.91 Å². The van der Waals surface area contributed by atoms with E-state index in [1.165, 1.54) is 0 Å². The van der Waals surface area contributed by atoms with Gasteiger partial charge in [-0.3, -0.25) is 4.79 Å². The minimum absolute atomic E-state index is 0. The summed E-state index contributed by atoms with van der Waals surface area (Å²) in [5, 5.41) is 0. The van der Waals surface area contributed by atoms with Crippen molar-refractivity contribution in [1.29, 1.82) is 0 Å². The molecule has 2 amide bonds. The van der Waals surface area contributed by atoms with E-state index in [0.717, 1.165) is 11.8 Å². The number of amides is 2. The van der Waals surface area contributed by atoms with Crippen molar-refractivity contribution in [2.24, 2.45) is 0 Å². The molecule has 0 bridgehead atoms. The first-order chi connectivity index (χ1) is 8.45. The van der Waals surface area contributed by atoms with E-state index in [4.69, 9.17) is 0 Å². The van der Waals surface area contributed by atoms with Crippen LogP contribution in [0.1, 0.15) is 12.5 Å². The van der Waals surface area contributed by atoms with Crippen LogP contribution in [0.5, 0.6) is 0 Å². The van der Waals surface area contributed by atoms with E-state index in [1.54, 1.807) is 31.2 Å². The van der Waals surface area contributed by atoms with Gasteiger partial charge in [-0.15, -0.1) is 0 Å². The Morgan fingerprint density at radius 3 is 2.21 bits per heavy atom. The maximum Gasteiger partial charge on any atom is 1.00 e. The van der Waals surface area contributed by atoms with Crippen LogP contribution in [0.15, 0.2) is 24.3 Å². The van der Waals surface area contributed by atoms with Gasteiger partial charge in [0.05, 0.1) is 11.6 Å². The van der Waals surface area contributed by atoms with Crippen LogP contribution in [-0.2, 0) is 19.2 Å². The third-order valence-electron chi connectivity index (χ3n) is 2.75. The molecular weight excluding hydrogens is 257 g/mol. The molecule has 6 heteroatoms. The average molecular weight is 267 g/mol. The summed E-state index contributed by atoms with van der Waals surface area (Å²) in [4.78, 5) is 47.3. The number of anilines is 1. The molecular formula is C13H10NNaO4. The first-order valence-electron chi connectivity index (χ1n) is 5.31. The second-order valence-electron chi connectivity index (χ2n) is 3.99. The van der Waals surface area contributed by atoms with E-state index >= 15 is 0 Å². The van der Waals surface area contributed by atoms with E-state index in [0.29, 0.717) is 11.3 Å². The summed E-state index contributed by atoms with van der Waals surface area (Å²) in [5.74, 6) is -4.10. The molecule has 0 N–H and O–H groups in total. The van der Waals surface area contributed by atoms with Gasteiger partial charge in [-0.25, -0.2) is 0 Å². The van der Waals surface area contributed by atoms with Gasteiger partial charge in [0, 0.05) is 5.69 Å². The normalized spacial score (nSPS) is 14.7. The Bertz CT molecular complexity index is 582.